The SMILES string of the molecule is Cn1nc(C2CCC(=O)NC2=O)c2ccc(N3CCNCC3)cc21.NC1CCCCC1. The molecule has 3 heterocycles. The lowest BCUT2D eigenvalue weighted by Gasteiger charge is -2.29. The summed E-state index contributed by atoms with van der Waals surface area (Å²) in [6.45, 7) is 3.96. The third-order valence-electron chi connectivity index (χ3n) is 6.56. The lowest BCUT2D eigenvalue weighted by Crippen LogP contribution is -2.43. The van der Waals surface area contributed by atoms with Crippen LogP contribution >= 0.6 is 0 Å². The van der Waals surface area contributed by atoms with Crippen LogP contribution in [-0.4, -0.2) is 53.8 Å². The maximum atomic E-state index is 12.2. The van der Waals surface area contributed by atoms with Crippen LogP contribution in [0.4, 0.5) is 5.69 Å². The number of hydrogen-bond donors (Lipinski definition) is 3. The molecule has 1 unspecified atom stereocenters. The van der Waals surface area contributed by atoms with Gasteiger partial charge >= 0.3 is 0 Å². The van der Waals surface area contributed by atoms with Crippen molar-refractivity contribution in [2.45, 2.75) is 56.9 Å². The van der Waals surface area contributed by atoms with E-state index in [-0.39, 0.29) is 17.7 Å². The number of piperazine rings is 1. The maximum absolute atomic E-state index is 12.2. The maximum Gasteiger partial charge on any atom is 0.235 e. The van der Waals surface area contributed by atoms with Gasteiger partial charge in [0.25, 0.3) is 0 Å². The monoisotopic (exact) mass is 426 g/mol. The number of hydrogen-bond acceptors (Lipinski definition) is 6. The largest absolute Gasteiger partial charge is 0.369 e. The zero-order valence-electron chi connectivity index (χ0n) is 18.4. The molecule has 8 heteroatoms. The number of anilines is 1. The number of carbonyl (C=O) groups excluding carboxylic acids is 2. The van der Waals surface area contributed by atoms with Crippen LogP contribution in [0.2, 0.25) is 0 Å². The number of carbonyl (C=O) groups is 2. The molecule has 3 fully saturated rings. The Morgan fingerprint density at radius 1 is 1.06 bits per heavy atom. The summed E-state index contributed by atoms with van der Waals surface area (Å²) < 4.78 is 1.83. The second-order valence-electron chi connectivity index (χ2n) is 8.85. The number of aromatic nitrogens is 2. The predicted molar refractivity (Wildman–Crippen MR) is 122 cm³/mol. The molecule has 2 amide bonds. The van der Waals surface area contributed by atoms with E-state index in [0.717, 1.165) is 42.8 Å². The van der Waals surface area contributed by atoms with Crippen molar-refractivity contribution < 1.29 is 9.59 Å². The minimum absolute atomic E-state index is 0.197. The molecule has 1 saturated carbocycles. The number of amides is 2. The molecule has 168 valence electrons. The molecular weight excluding hydrogens is 392 g/mol. The third kappa shape index (κ3) is 5.07. The van der Waals surface area contributed by atoms with Crippen molar-refractivity contribution in [1.29, 1.82) is 0 Å². The summed E-state index contributed by atoms with van der Waals surface area (Å²) in [7, 11) is 1.90. The van der Waals surface area contributed by atoms with Crippen LogP contribution in [0.15, 0.2) is 18.2 Å². The van der Waals surface area contributed by atoms with Crippen LogP contribution in [0.1, 0.15) is 56.6 Å². The summed E-state index contributed by atoms with van der Waals surface area (Å²) in [5.41, 5.74) is 8.60. The minimum atomic E-state index is -0.351. The van der Waals surface area contributed by atoms with Gasteiger partial charge in [0.2, 0.25) is 11.8 Å². The number of benzene rings is 1. The van der Waals surface area contributed by atoms with E-state index in [9.17, 15) is 9.59 Å². The molecule has 1 atom stereocenters. The smallest absolute Gasteiger partial charge is 0.235 e. The topological polar surface area (TPSA) is 105 Å². The van der Waals surface area contributed by atoms with Gasteiger partial charge in [-0.25, -0.2) is 0 Å². The van der Waals surface area contributed by atoms with Crippen LogP contribution in [0, 0.1) is 0 Å². The van der Waals surface area contributed by atoms with Gasteiger partial charge < -0.3 is 16.0 Å². The third-order valence-corrected chi connectivity index (χ3v) is 6.56. The molecule has 1 aliphatic carbocycles. The van der Waals surface area contributed by atoms with Gasteiger partial charge in [0.1, 0.15) is 0 Å². The average Bonchev–Trinajstić information content (AvgIpc) is 3.11. The van der Waals surface area contributed by atoms with Gasteiger partial charge in [0, 0.05) is 56.8 Å². The first kappa shape index (κ1) is 21.8. The predicted octanol–water partition coefficient (Wildman–Crippen LogP) is 1.78. The Morgan fingerprint density at radius 3 is 2.45 bits per heavy atom. The highest BCUT2D eigenvalue weighted by Crippen LogP contribution is 2.32. The fraction of sp³-hybridized carbons (Fsp3) is 0.609. The van der Waals surface area contributed by atoms with E-state index in [0.29, 0.717) is 18.9 Å². The molecule has 8 nitrogen and oxygen atoms in total. The van der Waals surface area contributed by atoms with Gasteiger partial charge in [-0.15, -0.1) is 0 Å². The minimum Gasteiger partial charge on any atom is -0.369 e. The average molecular weight is 427 g/mol. The van der Waals surface area contributed by atoms with Gasteiger partial charge in [-0.05, 0) is 37.5 Å². The van der Waals surface area contributed by atoms with Gasteiger partial charge in [0.15, 0.2) is 0 Å². The number of nitrogens with zero attached hydrogens (tertiary/aromatic N) is 3. The Bertz CT molecular complexity index is 928. The van der Waals surface area contributed by atoms with E-state index in [2.05, 4.69) is 38.8 Å². The normalized spacial score (nSPS) is 22.8. The van der Waals surface area contributed by atoms with E-state index < -0.39 is 0 Å². The fourth-order valence-electron chi connectivity index (χ4n) is 4.74. The number of piperidine rings is 1. The Kier molecular flexibility index (Phi) is 6.87. The number of aryl methyl sites for hydroxylation is 1. The zero-order chi connectivity index (χ0) is 21.8. The van der Waals surface area contributed by atoms with E-state index in [1.165, 1.54) is 37.8 Å². The highest BCUT2D eigenvalue weighted by molar-refractivity contribution is 6.02. The van der Waals surface area contributed by atoms with Crippen LogP contribution in [-0.2, 0) is 16.6 Å². The molecule has 0 radical (unpaired) electrons. The lowest BCUT2D eigenvalue weighted by molar-refractivity contribution is -0.134. The molecule has 1 aromatic carbocycles. The lowest BCUT2D eigenvalue weighted by atomic mass is 9.93. The molecule has 31 heavy (non-hydrogen) atoms. The van der Waals surface area contributed by atoms with Crippen molar-refractivity contribution in [2.24, 2.45) is 12.8 Å². The first-order valence-corrected chi connectivity index (χ1v) is 11.5. The Morgan fingerprint density at radius 2 is 1.81 bits per heavy atom. The van der Waals surface area contributed by atoms with Crippen molar-refractivity contribution >= 4 is 28.4 Å². The van der Waals surface area contributed by atoms with E-state index >= 15 is 0 Å². The molecular formula is C23H34N6O2. The molecule has 5 rings (SSSR count). The second kappa shape index (κ2) is 9.78. The molecule has 3 aliphatic rings. The van der Waals surface area contributed by atoms with Gasteiger partial charge in [-0.1, -0.05) is 19.3 Å². The molecule has 2 aromatic rings. The summed E-state index contributed by atoms with van der Waals surface area (Å²) in [6, 6.07) is 6.83. The summed E-state index contributed by atoms with van der Waals surface area (Å²) in [4.78, 5) is 25.9. The van der Waals surface area contributed by atoms with E-state index in [1.807, 2.05) is 11.7 Å². The van der Waals surface area contributed by atoms with Crippen LogP contribution < -0.4 is 21.3 Å². The van der Waals surface area contributed by atoms with Crippen molar-refractivity contribution in [2.75, 3.05) is 31.1 Å². The molecule has 1 aromatic heterocycles. The summed E-state index contributed by atoms with van der Waals surface area (Å²) in [5.74, 6) is -0.786. The van der Waals surface area contributed by atoms with Gasteiger partial charge in [-0.3, -0.25) is 19.6 Å². The number of fused-ring (bicyclic) bond motifs is 1. The summed E-state index contributed by atoms with van der Waals surface area (Å²) in [6.07, 6.45) is 7.56. The van der Waals surface area contributed by atoms with Crippen LogP contribution in [0.5, 0.6) is 0 Å². The number of nitrogens with two attached hydrogens (primary N) is 1. The molecule has 2 saturated heterocycles. The fourth-order valence-corrected chi connectivity index (χ4v) is 4.74. The molecule has 0 spiro atoms. The van der Waals surface area contributed by atoms with Crippen molar-refractivity contribution in [3.8, 4) is 0 Å². The van der Waals surface area contributed by atoms with Crippen LogP contribution in [0.25, 0.3) is 10.9 Å². The summed E-state index contributed by atoms with van der Waals surface area (Å²) >= 11 is 0. The zero-order valence-corrected chi connectivity index (χ0v) is 18.4. The Labute approximate surface area is 183 Å². The Hall–Kier alpha value is -2.45. The number of imide groups is 1. The second-order valence-corrected chi connectivity index (χ2v) is 8.85. The highest BCUT2D eigenvalue weighted by Gasteiger charge is 2.31. The highest BCUT2D eigenvalue weighted by atomic mass is 16.2. The molecule has 4 N–H and O–H groups in total. The van der Waals surface area contributed by atoms with Crippen molar-refractivity contribution in [3.63, 3.8) is 0 Å². The molecule has 2 aliphatic heterocycles. The van der Waals surface area contributed by atoms with Gasteiger partial charge in [-0.2, -0.15) is 5.10 Å². The number of rotatable bonds is 2. The first-order valence-electron chi connectivity index (χ1n) is 11.5. The quantitative estimate of drug-likeness (QED) is 0.632. The standard InChI is InChI=1S/C17H21N5O2.C6H13N/c1-21-14-10-11(22-8-6-18-7-9-22)2-3-12(14)16(20-21)13-4-5-15(23)19-17(13)24;7-6-4-2-1-3-5-6/h2-3,10,13,18H,4-9H2,1H3,(H,19,23,24);6H,1-5,7H2. The number of nitrogens with one attached hydrogen (secondary N) is 2. The van der Waals surface area contributed by atoms with Gasteiger partial charge in [0.05, 0.1) is 17.1 Å². The van der Waals surface area contributed by atoms with E-state index in [4.69, 9.17) is 5.73 Å². The summed E-state index contributed by atoms with van der Waals surface area (Å²) in [5, 5.41) is 11.4. The molecule has 0 bridgehead atoms. The van der Waals surface area contributed by atoms with Crippen LogP contribution in [0.3, 0.4) is 0 Å². The van der Waals surface area contributed by atoms with Crippen molar-refractivity contribution in [3.05, 3.63) is 23.9 Å². The first-order chi connectivity index (χ1) is 15.0. The van der Waals surface area contributed by atoms with E-state index in [1.54, 1.807) is 0 Å². The Balaban J connectivity index is 0.000000282. The van der Waals surface area contributed by atoms with Crippen molar-refractivity contribution in [1.82, 2.24) is 20.4 Å².